The van der Waals surface area contributed by atoms with Gasteiger partial charge in [-0.25, -0.2) is 0 Å². The number of nitrogens with one attached hydrogen (secondary N) is 1. The quantitative estimate of drug-likeness (QED) is 0.603. The van der Waals surface area contributed by atoms with E-state index in [1.807, 2.05) is 7.05 Å². The third kappa shape index (κ3) is 6.05. The summed E-state index contributed by atoms with van der Waals surface area (Å²) in [7, 11) is 1.96. The van der Waals surface area contributed by atoms with Gasteiger partial charge in [0.2, 0.25) is 0 Å². The smallest absolute Gasteiger partial charge is 0.00533 e. The van der Waals surface area contributed by atoms with Crippen LogP contribution in [0.5, 0.6) is 0 Å². The zero-order chi connectivity index (χ0) is 7.98. The van der Waals surface area contributed by atoms with E-state index in [-0.39, 0.29) is 0 Å². The van der Waals surface area contributed by atoms with Gasteiger partial charge in [0.15, 0.2) is 0 Å². The van der Waals surface area contributed by atoms with E-state index in [2.05, 4.69) is 19.2 Å². The second kappa shape index (κ2) is 5.69. The molecule has 10 heavy (non-hydrogen) atoms. The molecule has 1 atom stereocenters. The summed E-state index contributed by atoms with van der Waals surface area (Å²) in [6, 6.07) is 0.382. The van der Waals surface area contributed by atoms with E-state index in [1.165, 1.54) is 0 Å². The van der Waals surface area contributed by atoms with Crippen LogP contribution < -0.4 is 11.1 Å². The number of rotatable bonds is 5. The van der Waals surface area contributed by atoms with Crippen molar-refractivity contribution in [1.82, 2.24) is 5.32 Å². The average molecular weight is 144 g/mol. The molecule has 0 aliphatic rings. The van der Waals surface area contributed by atoms with Crippen molar-refractivity contribution < 1.29 is 0 Å². The highest BCUT2D eigenvalue weighted by molar-refractivity contribution is 4.63. The first kappa shape index (κ1) is 9.92. The molecule has 0 aliphatic carbocycles. The zero-order valence-corrected chi connectivity index (χ0v) is 7.35. The van der Waals surface area contributed by atoms with E-state index in [4.69, 9.17) is 5.73 Å². The Kier molecular flexibility index (Phi) is 5.64. The summed E-state index contributed by atoms with van der Waals surface area (Å²) in [6.07, 6.45) is 2.23. The van der Waals surface area contributed by atoms with Crippen LogP contribution in [0, 0.1) is 5.92 Å². The minimum atomic E-state index is 0.382. The molecular weight excluding hydrogens is 124 g/mol. The minimum Gasteiger partial charge on any atom is -0.328 e. The Balaban J connectivity index is 3.16. The van der Waals surface area contributed by atoms with Crippen LogP contribution in [-0.4, -0.2) is 19.6 Å². The molecule has 1 unspecified atom stereocenters. The van der Waals surface area contributed by atoms with Crippen LogP contribution in [0.15, 0.2) is 0 Å². The van der Waals surface area contributed by atoms with Gasteiger partial charge in [-0.3, -0.25) is 0 Å². The number of hydrogen-bond acceptors (Lipinski definition) is 2. The van der Waals surface area contributed by atoms with Crippen molar-refractivity contribution in [3.63, 3.8) is 0 Å². The summed E-state index contributed by atoms with van der Waals surface area (Å²) in [5.41, 5.74) is 5.82. The van der Waals surface area contributed by atoms with Crippen molar-refractivity contribution in [2.24, 2.45) is 11.7 Å². The van der Waals surface area contributed by atoms with Crippen molar-refractivity contribution in [2.45, 2.75) is 32.7 Å². The third-order valence-corrected chi connectivity index (χ3v) is 1.54. The van der Waals surface area contributed by atoms with Gasteiger partial charge in [0.1, 0.15) is 0 Å². The van der Waals surface area contributed by atoms with E-state index in [0.29, 0.717) is 6.04 Å². The van der Waals surface area contributed by atoms with Gasteiger partial charge in [-0.2, -0.15) is 0 Å². The van der Waals surface area contributed by atoms with E-state index in [0.717, 1.165) is 25.3 Å². The largest absolute Gasteiger partial charge is 0.328 e. The van der Waals surface area contributed by atoms with E-state index >= 15 is 0 Å². The zero-order valence-electron chi connectivity index (χ0n) is 7.35. The SMILES string of the molecule is CNCCC(N)CC(C)C. The van der Waals surface area contributed by atoms with Crippen molar-refractivity contribution in [1.29, 1.82) is 0 Å². The molecule has 0 spiro atoms. The summed E-state index contributed by atoms with van der Waals surface area (Å²) < 4.78 is 0. The normalized spacial score (nSPS) is 14.1. The van der Waals surface area contributed by atoms with Crippen molar-refractivity contribution in [2.75, 3.05) is 13.6 Å². The Labute approximate surface area is 64.2 Å². The number of hydrogen-bond donors (Lipinski definition) is 2. The predicted molar refractivity (Wildman–Crippen MR) is 46.0 cm³/mol. The molecule has 2 nitrogen and oxygen atoms in total. The van der Waals surface area contributed by atoms with Gasteiger partial charge >= 0.3 is 0 Å². The second-order valence-electron chi connectivity index (χ2n) is 3.28. The Morgan fingerprint density at radius 3 is 2.40 bits per heavy atom. The predicted octanol–water partition coefficient (Wildman–Crippen LogP) is 0.969. The summed E-state index contributed by atoms with van der Waals surface area (Å²) in [5, 5.41) is 3.09. The molecular formula is C8H20N2. The van der Waals surface area contributed by atoms with Gasteiger partial charge in [0, 0.05) is 6.04 Å². The lowest BCUT2D eigenvalue weighted by Crippen LogP contribution is -2.26. The first-order valence-corrected chi connectivity index (χ1v) is 4.07. The molecule has 0 saturated carbocycles. The third-order valence-electron chi connectivity index (χ3n) is 1.54. The number of nitrogens with two attached hydrogens (primary N) is 1. The molecule has 0 aliphatic heterocycles. The first-order valence-electron chi connectivity index (χ1n) is 4.07. The highest BCUT2D eigenvalue weighted by Gasteiger charge is 2.03. The summed E-state index contributed by atoms with van der Waals surface area (Å²) in [6.45, 7) is 5.45. The molecule has 62 valence electrons. The summed E-state index contributed by atoms with van der Waals surface area (Å²) in [5.74, 6) is 0.729. The van der Waals surface area contributed by atoms with Gasteiger partial charge in [-0.1, -0.05) is 13.8 Å². The average Bonchev–Trinajstić information content (AvgIpc) is 1.82. The molecule has 2 heteroatoms. The molecule has 0 bridgehead atoms. The molecule has 0 saturated heterocycles. The Bertz CT molecular complexity index is 71.7. The lowest BCUT2D eigenvalue weighted by Gasteiger charge is -2.12. The molecule has 0 aromatic carbocycles. The topological polar surface area (TPSA) is 38.0 Å². The molecule has 0 aromatic rings. The minimum absolute atomic E-state index is 0.382. The fourth-order valence-electron chi connectivity index (χ4n) is 1.05. The molecule has 0 radical (unpaired) electrons. The highest BCUT2D eigenvalue weighted by Crippen LogP contribution is 2.04. The Morgan fingerprint density at radius 1 is 1.40 bits per heavy atom. The Hall–Kier alpha value is -0.0800. The highest BCUT2D eigenvalue weighted by atomic mass is 14.8. The van der Waals surface area contributed by atoms with E-state index in [9.17, 15) is 0 Å². The maximum Gasteiger partial charge on any atom is 0.00533 e. The Morgan fingerprint density at radius 2 is 2.00 bits per heavy atom. The van der Waals surface area contributed by atoms with Crippen LogP contribution in [0.3, 0.4) is 0 Å². The maximum atomic E-state index is 5.82. The van der Waals surface area contributed by atoms with Crippen LogP contribution >= 0.6 is 0 Å². The first-order chi connectivity index (χ1) is 4.66. The fourth-order valence-corrected chi connectivity index (χ4v) is 1.05. The van der Waals surface area contributed by atoms with Crippen LogP contribution in [0.4, 0.5) is 0 Å². The van der Waals surface area contributed by atoms with Crippen molar-refractivity contribution >= 4 is 0 Å². The molecule has 0 amide bonds. The van der Waals surface area contributed by atoms with Gasteiger partial charge < -0.3 is 11.1 Å². The van der Waals surface area contributed by atoms with E-state index < -0.39 is 0 Å². The van der Waals surface area contributed by atoms with Crippen LogP contribution in [0.2, 0.25) is 0 Å². The summed E-state index contributed by atoms with van der Waals surface area (Å²) in [4.78, 5) is 0. The fraction of sp³-hybridized carbons (Fsp3) is 1.00. The van der Waals surface area contributed by atoms with Crippen molar-refractivity contribution in [3.05, 3.63) is 0 Å². The maximum absolute atomic E-state index is 5.82. The van der Waals surface area contributed by atoms with E-state index in [1.54, 1.807) is 0 Å². The van der Waals surface area contributed by atoms with Gasteiger partial charge in [-0.15, -0.1) is 0 Å². The standard InChI is InChI=1S/C8H20N2/c1-7(2)6-8(9)4-5-10-3/h7-8,10H,4-6,9H2,1-3H3. The summed E-state index contributed by atoms with van der Waals surface area (Å²) >= 11 is 0. The van der Waals surface area contributed by atoms with Gasteiger partial charge in [-0.05, 0) is 32.4 Å². The molecule has 0 heterocycles. The van der Waals surface area contributed by atoms with Crippen molar-refractivity contribution in [3.8, 4) is 0 Å². The monoisotopic (exact) mass is 144 g/mol. The van der Waals surface area contributed by atoms with Crippen LogP contribution in [0.25, 0.3) is 0 Å². The van der Waals surface area contributed by atoms with Crippen LogP contribution in [-0.2, 0) is 0 Å². The lowest BCUT2D eigenvalue weighted by atomic mass is 10.0. The van der Waals surface area contributed by atoms with Gasteiger partial charge in [0.05, 0.1) is 0 Å². The molecule has 0 fully saturated rings. The second-order valence-corrected chi connectivity index (χ2v) is 3.28. The lowest BCUT2D eigenvalue weighted by molar-refractivity contribution is 0.467. The van der Waals surface area contributed by atoms with Gasteiger partial charge in [0.25, 0.3) is 0 Å². The molecule has 0 rings (SSSR count). The molecule has 3 N–H and O–H groups in total. The molecule has 0 aromatic heterocycles. The van der Waals surface area contributed by atoms with Crippen LogP contribution in [0.1, 0.15) is 26.7 Å².